The van der Waals surface area contributed by atoms with Crippen molar-refractivity contribution in [3.05, 3.63) is 60.2 Å². The van der Waals surface area contributed by atoms with Crippen LogP contribution in [0.15, 0.2) is 54.6 Å². The van der Waals surface area contributed by atoms with E-state index in [9.17, 15) is 19.2 Å². The number of amides is 4. The maximum Gasteiger partial charge on any atom is 0.408 e. The number of rotatable bonds is 8. The van der Waals surface area contributed by atoms with Crippen molar-refractivity contribution in [3.63, 3.8) is 0 Å². The summed E-state index contributed by atoms with van der Waals surface area (Å²) in [6.45, 7) is 6.71. The van der Waals surface area contributed by atoms with Crippen LogP contribution in [0.2, 0.25) is 0 Å². The minimum Gasteiger partial charge on any atom is -0.444 e. The molecule has 0 aromatic heterocycles. The molecule has 1 aliphatic heterocycles. The van der Waals surface area contributed by atoms with Gasteiger partial charge in [0.15, 0.2) is 0 Å². The lowest BCUT2D eigenvalue weighted by molar-refractivity contribution is -0.150. The van der Waals surface area contributed by atoms with E-state index in [4.69, 9.17) is 4.74 Å². The van der Waals surface area contributed by atoms with E-state index in [2.05, 4.69) is 16.0 Å². The number of hydrogen-bond donors (Lipinski definition) is 3. The third-order valence-electron chi connectivity index (χ3n) is 9.37. The molecule has 5 rings (SSSR count). The van der Waals surface area contributed by atoms with Crippen LogP contribution in [0.5, 0.6) is 0 Å². The van der Waals surface area contributed by atoms with E-state index < -0.39 is 17.7 Å². The summed E-state index contributed by atoms with van der Waals surface area (Å²) in [5, 5.41) is 8.81. The van der Waals surface area contributed by atoms with Crippen LogP contribution in [0.25, 0.3) is 0 Å². The molecule has 1 spiro atoms. The molecule has 3 N–H and O–H groups in total. The van der Waals surface area contributed by atoms with Crippen LogP contribution < -0.4 is 16.0 Å². The lowest BCUT2D eigenvalue weighted by Gasteiger charge is -2.53. The predicted molar refractivity (Wildman–Crippen MR) is 170 cm³/mol. The molecule has 0 radical (unpaired) electrons. The Balaban J connectivity index is 1.14. The maximum absolute atomic E-state index is 13.8. The Morgan fingerprint density at radius 2 is 1.50 bits per heavy atom. The van der Waals surface area contributed by atoms with Gasteiger partial charge in [-0.3, -0.25) is 14.4 Å². The average molecular weight is 603 g/mol. The van der Waals surface area contributed by atoms with E-state index in [1.165, 1.54) is 0 Å². The molecule has 1 saturated heterocycles. The monoisotopic (exact) mass is 602 g/mol. The Labute approximate surface area is 260 Å². The molecule has 2 aromatic rings. The smallest absolute Gasteiger partial charge is 0.408 e. The quantitative estimate of drug-likeness (QED) is 0.325. The van der Waals surface area contributed by atoms with Crippen molar-refractivity contribution in [1.82, 2.24) is 10.2 Å². The number of carbonyl (C=O) groups is 4. The van der Waals surface area contributed by atoms with Gasteiger partial charge in [0.1, 0.15) is 11.6 Å². The van der Waals surface area contributed by atoms with Gasteiger partial charge in [-0.05, 0) is 94.7 Å². The molecule has 236 valence electrons. The lowest BCUT2D eigenvalue weighted by atomic mass is 9.69. The summed E-state index contributed by atoms with van der Waals surface area (Å²) in [5.41, 5.74) is 1.22. The highest BCUT2D eigenvalue weighted by molar-refractivity contribution is 6.04. The maximum atomic E-state index is 13.8. The van der Waals surface area contributed by atoms with Crippen molar-refractivity contribution in [2.45, 2.75) is 90.2 Å². The highest BCUT2D eigenvalue weighted by Gasteiger charge is 2.54. The highest BCUT2D eigenvalue weighted by Crippen LogP contribution is 2.51. The first-order valence-corrected chi connectivity index (χ1v) is 16.1. The Hall–Kier alpha value is -3.88. The molecule has 4 amide bonds. The molecular weight excluding hydrogens is 556 g/mol. The molecule has 9 nitrogen and oxygen atoms in total. The van der Waals surface area contributed by atoms with E-state index in [1.807, 2.05) is 43.9 Å². The molecule has 2 saturated carbocycles. The highest BCUT2D eigenvalue weighted by atomic mass is 16.6. The van der Waals surface area contributed by atoms with Crippen LogP contribution in [0.1, 0.15) is 88.9 Å². The van der Waals surface area contributed by atoms with Crippen LogP contribution in [-0.2, 0) is 14.3 Å². The van der Waals surface area contributed by atoms with Crippen molar-refractivity contribution in [2.75, 3.05) is 23.7 Å². The standard InChI is InChI=1S/C35H46N4O5/c1-34(2,3)44-33(43)38-30(24-11-6-4-7-12-24)32(42)39-22-35(23-39)20-10-15-26(35)21-29(40)36-27-16-18-28(19-17-27)37-31(41)25-13-8-5-9-14-25/h5,8-9,13-14,16-19,24,26,30H,4,6-7,10-12,15,20-23H2,1-3H3,(H,36,40)(H,37,41)(H,38,43)/t26?,30-/m1/s1. The zero-order chi connectivity index (χ0) is 31.3. The minimum absolute atomic E-state index is 0.0251. The Morgan fingerprint density at radius 1 is 0.864 bits per heavy atom. The van der Waals surface area contributed by atoms with Gasteiger partial charge in [-0.1, -0.05) is 43.9 Å². The van der Waals surface area contributed by atoms with Gasteiger partial charge in [-0.25, -0.2) is 4.79 Å². The molecule has 1 heterocycles. The van der Waals surface area contributed by atoms with Gasteiger partial charge in [0.25, 0.3) is 5.91 Å². The summed E-state index contributed by atoms with van der Waals surface area (Å²) < 4.78 is 5.50. The van der Waals surface area contributed by atoms with Crippen molar-refractivity contribution < 1.29 is 23.9 Å². The summed E-state index contributed by atoms with van der Waals surface area (Å²) in [4.78, 5) is 53.8. The molecule has 3 fully saturated rings. The molecule has 2 atom stereocenters. The fourth-order valence-corrected chi connectivity index (χ4v) is 7.16. The molecular formula is C35H46N4O5. The summed E-state index contributed by atoms with van der Waals surface area (Å²) in [5.74, 6) is 0.0517. The number of anilines is 2. The largest absolute Gasteiger partial charge is 0.444 e. The van der Waals surface area contributed by atoms with Gasteiger partial charge in [0.05, 0.1) is 0 Å². The fraction of sp³-hybridized carbons (Fsp3) is 0.543. The van der Waals surface area contributed by atoms with Crippen molar-refractivity contribution in [2.24, 2.45) is 17.3 Å². The van der Waals surface area contributed by atoms with E-state index >= 15 is 0 Å². The zero-order valence-electron chi connectivity index (χ0n) is 26.2. The predicted octanol–water partition coefficient (Wildman–Crippen LogP) is 6.37. The fourth-order valence-electron chi connectivity index (χ4n) is 7.16. The topological polar surface area (TPSA) is 117 Å². The normalized spacial score (nSPS) is 20.3. The van der Waals surface area contributed by atoms with Crippen LogP contribution in [-0.4, -0.2) is 53.4 Å². The van der Waals surface area contributed by atoms with Crippen molar-refractivity contribution in [3.8, 4) is 0 Å². The third-order valence-corrected chi connectivity index (χ3v) is 9.37. The number of alkyl carbamates (subject to hydrolysis) is 1. The molecule has 3 aliphatic rings. The number of nitrogens with zero attached hydrogens (tertiary/aromatic N) is 1. The van der Waals surface area contributed by atoms with E-state index in [0.717, 1.165) is 51.4 Å². The van der Waals surface area contributed by atoms with Crippen LogP contribution in [0, 0.1) is 17.3 Å². The van der Waals surface area contributed by atoms with Crippen LogP contribution in [0.4, 0.5) is 16.2 Å². The second-order valence-corrected chi connectivity index (χ2v) is 13.8. The number of ether oxygens (including phenoxy) is 1. The summed E-state index contributed by atoms with van der Waals surface area (Å²) >= 11 is 0. The van der Waals surface area contributed by atoms with E-state index in [-0.39, 0.29) is 35.0 Å². The molecule has 2 aliphatic carbocycles. The van der Waals surface area contributed by atoms with E-state index in [1.54, 1.807) is 36.4 Å². The second kappa shape index (κ2) is 13.4. The molecule has 44 heavy (non-hydrogen) atoms. The first-order valence-electron chi connectivity index (χ1n) is 16.1. The Morgan fingerprint density at radius 3 is 2.14 bits per heavy atom. The first-order chi connectivity index (χ1) is 21.0. The summed E-state index contributed by atoms with van der Waals surface area (Å²) in [6, 6.07) is 15.6. The van der Waals surface area contributed by atoms with E-state index in [0.29, 0.717) is 36.4 Å². The van der Waals surface area contributed by atoms with Gasteiger partial charge < -0.3 is 25.6 Å². The number of carbonyl (C=O) groups excluding carboxylic acids is 4. The summed E-state index contributed by atoms with van der Waals surface area (Å²) in [6.07, 6.45) is 8.00. The average Bonchev–Trinajstić information content (AvgIpc) is 3.39. The Bertz CT molecular complexity index is 1330. The molecule has 1 unspecified atom stereocenters. The Kier molecular flexibility index (Phi) is 9.61. The van der Waals surface area contributed by atoms with Gasteiger partial charge in [0.2, 0.25) is 11.8 Å². The number of nitrogens with one attached hydrogen (secondary N) is 3. The molecule has 9 heteroatoms. The minimum atomic E-state index is -0.636. The van der Waals surface area contributed by atoms with Crippen molar-refractivity contribution in [1.29, 1.82) is 0 Å². The molecule has 2 aromatic carbocycles. The molecule has 0 bridgehead atoms. The number of benzene rings is 2. The number of hydrogen-bond acceptors (Lipinski definition) is 5. The van der Waals surface area contributed by atoms with Crippen LogP contribution >= 0.6 is 0 Å². The zero-order valence-corrected chi connectivity index (χ0v) is 26.2. The van der Waals surface area contributed by atoms with Gasteiger partial charge >= 0.3 is 6.09 Å². The van der Waals surface area contributed by atoms with Gasteiger partial charge in [-0.15, -0.1) is 0 Å². The van der Waals surface area contributed by atoms with Crippen molar-refractivity contribution >= 4 is 35.2 Å². The second-order valence-electron chi connectivity index (χ2n) is 13.8. The van der Waals surface area contributed by atoms with Gasteiger partial charge in [-0.2, -0.15) is 0 Å². The third kappa shape index (κ3) is 7.79. The summed E-state index contributed by atoms with van der Waals surface area (Å²) in [7, 11) is 0. The number of likely N-dealkylation sites (tertiary alicyclic amines) is 1. The van der Waals surface area contributed by atoms with Gasteiger partial charge in [0, 0.05) is 41.9 Å². The SMILES string of the molecule is CC(C)(C)OC(=O)N[C@@H](C(=O)N1CC2(CCCC2CC(=O)Nc2ccc(NC(=O)c3ccccc3)cc2)C1)C1CCCCC1. The lowest BCUT2D eigenvalue weighted by Crippen LogP contribution is -2.65. The van der Waals surface area contributed by atoms with Crippen LogP contribution in [0.3, 0.4) is 0 Å². The first kappa shape index (κ1) is 31.5.